The third-order valence-electron chi connectivity index (χ3n) is 13.6. The summed E-state index contributed by atoms with van der Waals surface area (Å²) in [7, 11) is 3.34. The van der Waals surface area contributed by atoms with Crippen molar-refractivity contribution in [3.63, 3.8) is 0 Å². The number of aromatic nitrogens is 2. The lowest BCUT2D eigenvalue weighted by atomic mass is 10.0. The second-order valence-electron chi connectivity index (χ2n) is 17.8. The van der Waals surface area contributed by atoms with Gasteiger partial charge in [-0.1, -0.05) is 25.8 Å². The average molecular weight is 908 g/mol. The number of imide groups is 1. The number of likely N-dealkylation sites (N-methyl/N-ethyl adjacent to an activating group) is 1. The van der Waals surface area contributed by atoms with Crippen molar-refractivity contribution in [2.75, 3.05) is 67.4 Å². The number of methoxy groups -OCH3 is 1. The Kier molecular flexibility index (Phi) is 14.4. The number of benzene rings is 2. The fraction of sp³-hybridized carbons (Fsp3) is 0.532. The zero-order valence-electron chi connectivity index (χ0n) is 38.0. The maximum atomic E-state index is 13.4. The smallest absolute Gasteiger partial charge is 0.255 e. The summed E-state index contributed by atoms with van der Waals surface area (Å²) in [6.07, 6.45) is 9.70. The topological polar surface area (TPSA) is 234 Å². The minimum absolute atomic E-state index is 0.0245. The normalized spacial score (nSPS) is 20.8. The van der Waals surface area contributed by atoms with Crippen molar-refractivity contribution in [1.29, 1.82) is 0 Å². The first kappa shape index (κ1) is 46.4. The van der Waals surface area contributed by atoms with Crippen LogP contribution in [0.25, 0.3) is 0 Å². The highest BCUT2D eigenvalue weighted by Gasteiger charge is 2.42. The monoisotopic (exact) mass is 907 g/mol. The van der Waals surface area contributed by atoms with Crippen LogP contribution < -0.4 is 41.5 Å². The quantitative estimate of drug-likeness (QED) is 0.0965. The molecule has 19 heteroatoms. The van der Waals surface area contributed by atoms with E-state index in [9.17, 15) is 28.8 Å². The van der Waals surface area contributed by atoms with Gasteiger partial charge in [0.15, 0.2) is 5.82 Å². The molecule has 0 radical (unpaired) electrons. The van der Waals surface area contributed by atoms with Crippen molar-refractivity contribution in [2.24, 2.45) is 5.73 Å². The van der Waals surface area contributed by atoms with Gasteiger partial charge in [0.25, 0.3) is 11.8 Å². The highest BCUT2D eigenvalue weighted by Crippen LogP contribution is 2.40. The van der Waals surface area contributed by atoms with Crippen LogP contribution in [0.15, 0.2) is 42.6 Å². The summed E-state index contributed by atoms with van der Waals surface area (Å²) in [5.74, 6) is -0.0452. The summed E-state index contributed by atoms with van der Waals surface area (Å²) in [6, 6.07) is 8.79. The molecule has 5 heterocycles. The third-order valence-corrected chi connectivity index (χ3v) is 13.6. The van der Waals surface area contributed by atoms with Crippen LogP contribution in [-0.2, 0) is 30.5 Å². The second kappa shape index (κ2) is 20.6. The highest BCUT2D eigenvalue weighted by atomic mass is 16.5. The summed E-state index contributed by atoms with van der Waals surface area (Å²) >= 11 is 0. The Hall–Kier alpha value is -6.18. The van der Waals surface area contributed by atoms with Gasteiger partial charge in [-0.25, -0.2) is 4.98 Å². The molecule has 6 amide bonds. The van der Waals surface area contributed by atoms with E-state index in [4.69, 9.17) is 20.2 Å². The molecule has 6 N–H and O–H groups in total. The number of hydrogen-bond acceptors (Lipinski definition) is 14. The number of carbonyl (C=O) groups excluding carboxylic acids is 6. The Balaban J connectivity index is 0.743. The molecule has 1 unspecified atom stereocenters. The maximum absolute atomic E-state index is 13.4. The second-order valence-corrected chi connectivity index (χ2v) is 17.8. The van der Waals surface area contributed by atoms with E-state index < -0.39 is 18.0 Å². The van der Waals surface area contributed by atoms with Gasteiger partial charge in [0.2, 0.25) is 29.6 Å². The van der Waals surface area contributed by atoms with Crippen LogP contribution in [-0.4, -0.2) is 132 Å². The van der Waals surface area contributed by atoms with Crippen molar-refractivity contribution in [3.8, 4) is 5.75 Å². The number of nitrogens with zero attached hydrogens (tertiary/aromatic N) is 6. The molecule has 0 spiro atoms. The average Bonchev–Trinajstić information content (AvgIpc) is 3.97. The Bertz CT molecular complexity index is 2330. The summed E-state index contributed by atoms with van der Waals surface area (Å²) in [5.41, 5.74) is 9.53. The number of nitrogens with two attached hydrogens (primary N) is 1. The van der Waals surface area contributed by atoms with Crippen LogP contribution >= 0.6 is 0 Å². The SMILES string of the molecule is CC[C@@H]1C(=O)N(C)c2cnc(Nc3ccc(C(=O)NC4CCN(CCOCCC[C@@H](N)C(=O)Nc5cccc6c5CN(C5CCC(=O)NC5=O)C6=O)CC4)cc3OC)nc2N1C1CCCC1. The number of nitrogens with one attached hydrogen (secondary N) is 4. The number of amides is 6. The van der Waals surface area contributed by atoms with E-state index in [0.717, 1.165) is 64.0 Å². The molecule has 3 fully saturated rings. The Morgan fingerprint density at radius 2 is 1.79 bits per heavy atom. The lowest BCUT2D eigenvalue weighted by Gasteiger charge is -2.43. The molecule has 3 aromatic rings. The third kappa shape index (κ3) is 9.97. The van der Waals surface area contributed by atoms with Gasteiger partial charge in [0.1, 0.15) is 23.5 Å². The van der Waals surface area contributed by atoms with Gasteiger partial charge in [-0.2, -0.15) is 4.98 Å². The Morgan fingerprint density at radius 3 is 2.53 bits per heavy atom. The van der Waals surface area contributed by atoms with Crippen LogP contribution in [0, 0.1) is 0 Å². The molecule has 1 aromatic heterocycles. The molecule has 5 aliphatic rings. The van der Waals surface area contributed by atoms with Crippen LogP contribution in [0.4, 0.5) is 28.8 Å². The van der Waals surface area contributed by atoms with E-state index in [0.29, 0.717) is 77.9 Å². The van der Waals surface area contributed by atoms with Gasteiger partial charge in [-0.05, 0) is 81.7 Å². The summed E-state index contributed by atoms with van der Waals surface area (Å²) < 4.78 is 11.6. The number of rotatable bonds is 17. The number of piperidine rings is 2. The molecule has 66 heavy (non-hydrogen) atoms. The van der Waals surface area contributed by atoms with Crippen LogP contribution in [0.3, 0.4) is 0 Å². The van der Waals surface area contributed by atoms with Gasteiger partial charge in [0.05, 0.1) is 31.6 Å². The molecule has 1 aliphatic carbocycles. The van der Waals surface area contributed by atoms with Crippen molar-refractivity contribution < 1.29 is 38.2 Å². The molecule has 19 nitrogen and oxygen atoms in total. The number of ether oxygens (including phenoxy) is 2. The number of hydrogen-bond donors (Lipinski definition) is 5. The maximum Gasteiger partial charge on any atom is 0.255 e. The van der Waals surface area contributed by atoms with Crippen LogP contribution in [0.5, 0.6) is 5.75 Å². The van der Waals surface area contributed by atoms with Gasteiger partial charge in [-0.15, -0.1) is 0 Å². The van der Waals surface area contributed by atoms with Crippen molar-refractivity contribution in [1.82, 2.24) is 30.4 Å². The van der Waals surface area contributed by atoms with Crippen molar-refractivity contribution in [2.45, 2.75) is 114 Å². The molecular formula is C47H61N11O8. The van der Waals surface area contributed by atoms with Crippen molar-refractivity contribution in [3.05, 3.63) is 59.3 Å². The van der Waals surface area contributed by atoms with Gasteiger partial charge < -0.3 is 50.8 Å². The Morgan fingerprint density at radius 1 is 1.00 bits per heavy atom. The summed E-state index contributed by atoms with van der Waals surface area (Å²) in [6.45, 7) is 5.52. The molecule has 352 valence electrons. The molecule has 8 rings (SSSR count). The minimum Gasteiger partial charge on any atom is -0.495 e. The van der Waals surface area contributed by atoms with Crippen molar-refractivity contribution >= 4 is 64.3 Å². The molecule has 4 aliphatic heterocycles. The molecule has 2 aromatic carbocycles. The molecular weight excluding hydrogens is 847 g/mol. The highest BCUT2D eigenvalue weighted by molar-refractivity contribution is 6.07. The van der Waals surface area contributed by atoms with E-state index in [1.807, 2.05) is 6.92 Å². The van der Waals surface area contributed by atoms with E-state index >= 15 is 0 Å². The van der Waals surface area contributed by atoms with Crippen LogP contribution in [0.2, 0.25) is 0 Å². The molecule has 1 saturated carbocycles. The van der Waals surface area contributed by atoms with E-state index in [-0.39, 0.29) is 67.0 Å². The Labute approximate surface area is 384 Å². The number of likely N-dealkylation sites (tertiary alicyclic amines) is 1. The number of anilines is 5. The fourth-order valence-corrected chi connectivity index (χ4v) is 9.83. The van der Waals surface area contributed by atoms with Gasteiger partial charge in [-0.3, -0.25) is 34.1 Å². The van der Waals surface area contributed by atoms with E-state index in [1.54, 1.807) is 61.7 Å². The first-order chi connectivity index (χ1) is 31.9. The van der Waals surface area contributed by atoms with Gasteiger partial charge >= 0.3 is 0 Å². The predicted octanol–water partition coefficient (Wildman–Crippen LogP) is 3.45. The molecule has 2 saturated heterocycles. The predicted molar refractivity (Wildman–Crippen MR) is 247 cm³/mol. The largest absolute Gasteiger partial charge is 0.495 e. The zero-order chi connectivity index (χ0) is 46.5. The lowest BCUT2D eigenvalue weighted by Crippen LogP contribution is -2.55. The fourth-order valence-electron chi connectivity index (χ4n) is 9.83. The molecule has 3 atom stereocenters. The van der Waals surface area contributed by atoms with Crippen LogP contribution in [0.1, 0.15) is 104 Å². The first-order valence-corrected chi connectivity index (χ1v) is 23.3. The summed E-state index contributed by atoms with van der Waals surface area (Å²) in [4.78, 5) is 94.1. The zero-order valence-corrected chi connectivity index (χ0v) is 38.0. The molecule has 0 bridgehead atoms. The summed E-state index contributed by atoms with van der Waals surface area (Å²) in [5, 5.41) is 11.6. The van der Waals surface area contributed by atoms with Gasteiger partial charge in [0, 0.05) is 80.7 Å². The standard InChI is InChI=1S/C47H61N11O8/c1-4-36-46(64)55(2)38-26-49-47(54-41(38)58(36)30-9-5-6-10-30)52-35-15-14-28(25-39(35)65-3)42(60)50-29-18-20-56(21-19-29)22-24-66-23-8-12-33(48)43(61)51-34-13-7-11-31-32(34)27-57(45(31)63)37-16-17-40(59)53-44(37)62/h7,11,13-15,25-26,29-30,33,36-37H,4-6,8-10,12,16-24,27,48H2,1-3H3,(H,50,60)(H,51,61)(H,49,52,54)(H,53,59,62)/t33-,36-,37?/m1/s1. The number of fused-ring (bicyclic) bond motifs is 2. The number of carbonyl (C=O) groups is 6. The van der Waals surface area contributed by atoms with E-state index in [1.165, 1.54) is 4.90 Å². The van der Waals surface area contributed by atoms with E-state index in [2.05, 4.69) is 36.1 Å². The first-order valence-electron chi connectivity index (χ1n) is 23.3. The minimum atomic E-state index is -0.786. The lowest BCUT2D eigenvalue weighted by molar-refractivity contribution is -0.137.